The Bertz CT molecular complexity index is 858. The number of hydrazine groups is 1. The zero-order valence-electron chi connectivity index (χ0n) is 11.4. The van der Waals surface area contributed by atoms with Crippen molar-refractivity contribution in [3.8, 4) is 0 Å². The molecule has 0 saturated carbocycles. The van der Waals surface area contributed by atoms with Crippen LogP contribution in [0.2, 0.25) is 0 Å². The number of anilines is 1. The van der Waals surface area contributed by atoms with Crippen molar-refractivity contribution in [2.24, 2.45) is 0 Å². The van der Waals surface area contributed by atoms with Gasteiger partial charge in [0.2, 0.25) is 0 Å². The summed E-state index contributed by atoms with van der Waals surface area (Å²) in [6.45, 7) is 0. The van der Waals surface area contributed by atoms with Crippen molar-refractivity contribution >= 4 is 45.4 Å². The Morgan fingerprint density at radius 3 is 2.70 bits per heavy atom. The second kappa shape index (κ2) is 5.69. The Morgan fingerprint density at radius 1 is 1.26 bits per heavy atom. The number of carbonyl (C=O) groups is 2. The van der Waals surface area contributed by atoms with Crippen molar-refractivity contribution in [1.82, 2.24) is 5.43 Å². The smallest absolute Gasteiger partial charge is 0.401 e. The third kappa shape index (κ3) is 2.86. The first-order chi connectivity index (χ1) is 11.0. The number of hydrogen-bond acceptors (Lipinski definition) is 5. The predicted molar refractivity (Wildman–Crippen MR) is 83.1 cm³/mol. The maximum absolute atomic E-state index is 12.4. The number of benzene rings is 1. The second-order valence-electron chi connectivity index (χ2n) is 4.55. The van der Waals surface area contributed by atoms with Gasteiger partial charge >= 0.3 is 5.88 Å². The Labute approximate surface area is 137 Å². The summed E-state index contributed by atoms with van der Waals surface area (Å²) in [6.07, 6.45) is 1.17. The molecule has 1 aliphatic rings. The first-order valence-electron chi connectivity index (χ1n) is 6.32. The van der Waals surface area contributed by atoms with E-state index in [0.29, 0.717) is 5.69 Å². The lowest BCUT2D eigenvalue weighted by molar-refractivity contribution is -0.402. The maximum atomic E-state index is 12.4. The topological polar surface area (TPSA) is 106 Å². The van der Waals surface area contributed by atoms with E-state index in [1.165, 1.54) is 12.1 Å². The van der Waals surface area contributed by atoms with Crippen molar-refractivity contribution < 1.29 is 18.9 Å². The van der Waals surface area contributed by atoms with Crippen LogP contribution in [0.15, 0.2) is 50.9 Å². The highest BCUT2D eigenvalue weighted by Gasteiger charge is 2.35. The molecule has 0 spiro atoms. The molecule has 0 radical (unpaired) electrons. The molecule has 1 saturated heterocycles. The third-order valence-corrected chi connectivity index (χ3v) is 3.53. The van der Waals surface area contributed by atoms with Crippen molar-refractivity contribution in [1.29, 1.82) is 0 Å². The summed E-state index contributed by atoms with van der Waals surface area (Å²) in [5.41, 5.74) is 2.73. The van der Waals surface area contributed by atoms with Gasteiger partial charge in [0.1, 0.15) is 16.3 Å². The largest absolute Gasteiger partial charge is 0.433 e. The van der Waals surface area contributed by atoms with Crippen LogP contribution in [0.3, 0.4) is 0 Å². The van der Waals surface area contributed by atoms with Crippen LogP contribution >= 0.6 is 15.9 Å². The lowest BCUT2D eigenvalue weighted by atomic mass is 10.2. The van der Waals surface area contributed by atoms with E-state index >= 15 is 0 Å². The van der Waals surface area contributed by atoms with Crippen LogP contribution in [-0.2, 0) is 9.59 Å². The van der Waals surface area contributed by atoms with E-state index in [0.717, 1.165) is 15.5 Å². The number of carbonyl (C=O) groups excluding carboxylic acids is 2. The molecule has 1 aromatic heterocycles. The van der Waals surface area contributed by atoms with Crippen LogP contribution in [0.25, 0.3) is 6.08 Å². The van der Waals surface area contributed by atoms with Crippen LogP contribution in [0.1, 0.15) is 5.76 Å². The van der Waals surface area contributed by atoms with Crippen LogP contribution < -0.4 is 10.4 Å². The van der Waals surface area contributed by atoms with Crippen molar-refractivity contribution in [2.75, 3.05) is 5.01 Å². The van der Waals surface area contributed by atoms with Crippen LogP contribution in [0.4, 0.5) is 11.6 Å². The van der Waals surface area contributed by atoms with Gasteiger partial charge < -0.3 is 4.42 Å². The summed E-state index contributed by atoms with van der Waals surface area (Å²) in [5.74, 6) is -1.61. The number of furan rings is 1. The van der Waals surface area contributed by atoms with E-state index in [4.69, 9.17) is 4.42 Å². The van der Waals surface area contributed by atoms with Gasteiger partial charge in [-0.1, -0.05) is 22.0 Å². The molecular weight excluding hydrogens is 370 g/mol. The second-order valence-corrected chi connectivity index (χ2v) is 5.47. The molecule has 1 N–H and O–H groups in total. The van der Waals surface area contributed by atoms with Gasteiger partial charge in [0.15, 0.2) is 0 Å². The summed E-state index contributed by atoms with van der Waals surface area (Å²) in [4.78, 5) is 34.2. The van der Waals surface area contributed by atoms with Gasteiger partial charge in [-0.15, -0.1) is 0 Å². The standard InChI is InChI=1S/C14H8BrN3O5/c15-8-2-1-3-9(6-8)17-14(20)11(13(19)16-17)7-10-4-5-12(23-10)18(21)22/h1-7H,(H,16,19)/b11-7-. The fourth-order valence-corrected chi connectivity index (χ4v) is 2.40. The Kier molecular flexibility index (Phi) is 3.70. The summed E-state index contributed by atoms with van der Waals surface area (Å²) < 4.78 is 5.68. The molecule has 3 rings (SSSR count). The Balaban J connectivity index is 1.91. The van der Waals surface area contributed by atoms with E-state index in [2.05, 4.69) is 21.4 Å². The van der Waals surface area contributed by atoms with Crippen molar-refractivity contribution in [2.45, 2.75) is 0 Å². The minimum Gasteiger partial charge on any atom is -0.401 e. The molecule has 2 aromatic rings. The monoisotopic (exact) mass is 377 g/mol. The zero-order valence-corrected chi connectivity index (χ0v) is 12.9. The minimum atomic E-state index is -0.702. The number of nitro groups is 1. The number of amides is 2. The molecule has 1 aromatic carbocycles. The van der Waals surface area contributed by atoms with Gasteiger partial charge in [-0.2, -0.15) is 0 Å². The molecule has 2 heterocycles. The lowest BCUT2D eigenvalue weighted by Crippen LogP contribution is -2.35. The molecule has 1 fully saturated rings. The molecule has 116 valence electrons. The molecule has 0 unspecified atom stereocenters. The minimum absolute atomic E-state index is 0.0475. The van der Waals surface area contributed by atoms with Gasteiger partial charge in [-0.05, 0) is 30.3 Å². The van der Waals surface area contributed by atoms with Gasteiger partial charge in [0.25, 0.3) is 11.8 Å². The number of halogens is 1. The SMILES string of the molecule is O=C1NN(c2cccc(Br)c2)C(=O)/C1=C\c1ccc([N+](=O)[O-])o1. The molecule has 0 bridgehead atoms. The lowest BCUT2D eigenvalue weighted by Gasteiger charge is -2.14. The molecule has 23 heavy (non-hydrogen) atoms. The third-order valence-electron chi connectivity index (χ3n) is 3.04. The zero-order chi connectivity index (χ0) is 16.6. The van der Waals surface area contributed by atoms with E-state index in [1.54, 1.807) is 24.3 Å². The molecule has 1 aliphatic heterocycles. The predicted octanol–water partition coefficient (Wildman–Crippen LogP) is 2.41. The van der Waals surface area contributed by atoms with Crippen LogP contribution in [0.5, 0.6) is 0 Å². The van der Waals surface area contributed by atoms with Gasteiger partial charge in [0, 0.05) is 4.47 Å². The van der Waals surface area contributed by atoms with E-state index < -0.39 is 22.6 Å². The van der Waals surface area contributed by atoms with Gasteiger partial charge in [0.05, 0.1) is 11.8 Å². The number of rotatable bonds is 3. The quantitative estimate of drug-likeness (QED) is 0.382. The van der Waals surface area contributed by atoms with Crippen LogP contribution in [0, 0.1) is 10.1 Å². The Morgan fingerprint density at radius 2 is 2.04 bits per heavy atom. The highest BCUT2D eigenvalue weighted by molar-refractivity contribution is 9.10. The molecule has 2 amide bonds. The van der Waals surface area contributed by atoms with Gasteiger partial charge in [-0.3, -0.25) is 25.1 Å². The number of hydrogen-bond donors (Lipinski definition) is 1. The van der Waals surface area contributed by atoms with E-state index in [9.17, 15) is 19.7 Å². The molecular formula is C14H8BrN3O5. The fraction of sp³-hybridized carbons (Fsp3) is 0. The molecule has 0 atom stereocenters. The highest BCUT2D eigenvalue weighted by Crippen LogP contribution is 2.25. The van der Waals surface area contributed by atoms with E-state index in [-0.39, 0.29) is 11.3 Å². The average molecular weight is 378 g/mol. The molecule has 8 nitrogen and oxygen atoms in total. The van der Waals surface area contributed by atoms with E-state index in [1.807, 2.05) is 0 Å². The van der Waals surface area contributed by atoms with Crippen molar-refractivity contribution in [3.63, 3.8) is 0 Å². The summed E-state index contributed by atoms with van der Waals surface area (Å²) >= 11 is 3.29. The van der Waals surface area contributed by atoms with Crippen molar-refractivity contribution in [3.05, 3.63) is 62.3 Å². The van der Waals surface area contributed by atoms with Gasteiger partial charge in [-0.25, -0.2) is 5.01 Å². The Hall–Kier alpha value is -2.94. The summed E-state index contributed by atoms with van der Waals surface area (Å²) in [6, 6.07) is 9.28. The summed E-state index contributed by atoms with van der Waals surface area (Å²) in [7, 11) is 0. The first kappa shape index (κ1) is 15.0. The maximum Gasteiger partial charge on any atom is 0.433 e. The number of nitrogens with one attached hydrogen (secondary N) is 1. The molecule has 0 aliphatic carbocycles. The average Bonchev–Trinajstić information content (AvgIpc) is 3.08. The van der Waals surface area contributed by atoms with Crippen LogP contribution in [-0.4, -0.2) is 16.7 Å². The molecule has 9 heteroatoms. The number of nitrogens with zero attached hydrogens (tertiary/aromatic N) is 2. The first-order valence-corrected chi connectivity index (χ1v) is 7.12. The normalized spacial score (nSPS) is 16.0. The summed E-state index contributed by atoms with van der Waals surface area (Å²) in [5, 5.41) is 11.7. The highest BCUT2D eigenvalue weighted by atomic mass is 79.9. The fourth-order valence-electron chi connectivity index (χ4n) is 2.01.